The van der Waals surface area contributed by atoms with E-state index < -0.39 is 12.0 Å². The van der Waals surface area contributed by atoms with Crippen molar-refractivity contribution in [2.75, 3.05) is 55.6 Å². The predicted octanol–water partition coefficient (Wildman–Crippen LogP) is 6.43. The standard InChI is InChI=1S/C46H51N5O5/c52-42-17-16-41(44(53)47-42)51-29-35-27-37(13-15-40(35)45(51)54)50-24-22-48(23-25-50)28-30-18-20-49(21-19-30)36-11-8-32(9-12-36)43-38(31-4-1-2-5-31)7-3-6-33-26-34(46(55)56)10-14-39(33)43/h4,8-15,26-27,30,41H,1-3,5-7,16-25,28-29H2,(H,55,56)(H,47,52,53)/t41-/m0/s1. The minimum Gasteiger partial charge on any atom is -0.478 e. The quantitative estimate of drug-likeness (QED) is 0.253. The molecule has 3 fully saturated rings. The second-order valence-corrected chi connectivity index (χ2v) is 16.5. The number of aromatic carboxylic acids is 1. The maximum Gasteiger partial charge on any atom is 0.335 e. The average Bonchev–Trinajstić information content (AvgIpc) is 3.82. The zero-order valence-electron chi connectivity index (χ0n) is 32.1. The lowest BCUT2D eigenvalue weighted by Gasteiger charge is -2.40. The van der Waals surface area contributed by atoms with E-state index in [0.717, 1.165) is 94.7 Å². The Hall–Kier alpha value is -5.22. The van der Waals surface area contributed by atoms with Gasteiger partial charge in [0, 0.05) is 75.7 Å². The van der Waals surface area contributed by atoms with Gasteiger partial charge < -0.3 is 19.8 Å². The van der Waals surface area contributed by atoms with Crippen LogP contribution in [0, 0.1) is 5.92 Å². The lowest BCUT2D eigenvalue weighted by atomic mass is 9.87. The van der Waals surface area contributed by atoms with E-state index in [2.05, 4.69) is 56.4 Å². The van der Waals surface area contributed by atoms with Gasteiger partial charge in [0.15, 0.2) is 0 Å². The number of hydrogen-bond donors (Lipinski definition) is 2. The smallest absolute Gasteiger partial charge is 0.335 e. The molecule has 4 heterocycles. The molecule has 0 saturated carbocycles. The van der Waals surface area contributed by atoms with Crippen LogP contribution >= 0.6 is 0 Å². The fourth-order valence-electron chi connectivity index (χ4n) is 10.0. The normalized spacial score (nSPS) is 22.2. The molecule has 0 unspecified atom stereocenters. The molecule has 3 aromatic carbocycles. The summed E-state index contributed by atoms with van der Waals surface area (Å²) in [6, 6.07) is 20.3. The second-order valence-electron chi connectivity index (χ2n) is 16.5. The molecule has 3 saturated heterocycles. The maximum atomic E-state index is 13.2. The second kappa shape index (κ2) is 15.4. The summed E-state index contributed by atoms with van der Waals surface area (Å²) in [4.78, 5) is 58.3. The summed E-state index contributed by atoms with van der Waals surface area (Å²) in [7, 11) is 0. The summed E-state index contributed by atoms with van der Waals surface area (Å²) < 4.78 is 0. The van der Waals surface area contributed by atoms with E-state index in [9.17, 15) is 24.3 Å². The van der Waals surface area contributed by atoms with Crippen molar-refractivity contribution in [3.63, 3.8) is 0 Å². The number of benzene rings is 3. The number of nitrogens with one attached hydrogen (secondary N) is 1. The van der Waals surface area contributed by atoms with E-state index in [-0.39, 0.29) is 24.1 Å². The molecule has 0 bridgehead atoms. The van der Waals surface area contributed by atoms with Crippen LogP contribution in [0.1, 0.15) is 101 Å². The van der Waals surface area contributed by atoms with Crippen molar-refractivity contribution in [1.29, 1.82) is 0 Å². The summed E-state index contributed by atoms with van der Waals surface area (Å²) in [6.07, 6.45) is 11.8. The number of piperidine rings is 2. The summed E-state index contributed by atoms with van der Waals surface area (Å²) in [5.74, 6) is -0.968. The number of fused-ring (bicyclic) bond motifs is 2. The van der Waals surface area contributed by atoms with Crippen LogP contribution < -0.4 is 15.1 Å². The molecule has 2 aliphatic carbocycles. The van der Waals surface area contributed by atoms with Crippen molar-refractivity contribution in [1.82, 2.24) is 15.1 Å². The van der Waals surface area contributed by atoms with Crippen molar-refractivity contribution < 1.29 is 24.3 Å². The van der Waals surface area contributed by atoms with Crippen LogP contribution in [-0.2, 0) is 22.6 Å². The summed E-state index contributed by atoms with van der Waals surface area (Å²) in [6.45, 7) is 7.52. The molecule has 0 radical (unpaired) electrons. The number of amides is 3. The highest BCUT2D eigenvalue weighted by Gasteiger charge is 2.39. The Labute approximate surface area is 328 Å². The molecule has 10 nitrogen and oxygen atoms in total. The number of nitrogens with zero attached hydrogens (tertiary/aromatic N) is 4. The number of carbonyl (C=O) groups is 4. The molecule has 4 aliphatic heterocycles. The number of imide groups is 1. The van der Waals surface area contributed by atoms with E-state index in [1.807, 2.05) is 24.3 Å². The van der Waals surface area contributed by atoms with Gasteiger partial charge in [-0.05, 0) is 145 Å². The molecule has 6 aliphatic rings. The number of piperazine rings is 1. The maximum absolute atomic E-state index is 13.2. The van der Waals surface area contributed by atoms with Crippen molar-refractivity contribution in [2.24, 2.45) is 5.92 Å². The Morgan fingerprint density at radius 3 is 2.21 bits per heavy atom. The Morgan fingerprint density at radius 1 is 0.732 bits per heavy atom. The van der Waals surface area contributed by atoms with Gasteiger partial charge in [0.25, 0.3) is 5.91 Å². The van der Waals surface area contributed by atoms with Gasteiger partial charge in [-0.15, -0.1) is 0 Å². The number of carboxylic acids is 1. The van der Waals surface area contributed by atoms with Crippen LogP contribution in [0.15, 0.2) is 77.9 Å². The molecule has 3 amide bonds. The van der Waals surface area contributed by atoms with Gasteiger partial charge in [0.1, 0.15) is 6.04 Å². The Bertz CT molecular complexity index is 2120. The molecule has 9 rings (SSSR count). The number of hydrogen-bond acceptors (Lipinski definition) is 7. The van der Waals surface area contributed by atoms with Crippen LogP contribution in [0.2, 0.25) is 0 Å². The van der Waals surface area contributed by atoms with Crippen LogP contribution in [0.25, 0.3) is 5.57 Å². The van der Waals surface area contributed by atoms with Crippen LogP contribution in [0.3, 0.4) is 0 Å². The SMILES string of the molecule is O=C1CC[C@H](N2Cc3cc(N4CCN(CC5CCN(c6ccc(C7=C(C8=CCCC8)CCCc8cc(C(=O)O)ccc87)cc6)CC5)CC4)ccc3C2=O)C(=O)N1. The molecule has 0 aromatic heterocycles. The predicted molar refractivity (Wildman–Crippen MR) is 217 cm³/mol. The highest BCUT2D eigenvalue weighted by Crippen LogP contribution is 2.42. The molecule has 2 N–H and O–H groups in total. The van der Waals surface area contributed by atoms with Crippen LogP contribution in [-0.4, -0.2) is 90.5 Å². The van der Waals surface area contributed by atoms with Gasteiger partial charge >= 0.3 is 5.97 Å². The minimum atomic E-state index is -0.868. The summed E-state index contributed by atoms with van der Waals surface area (Å²) >= 11 is 0. The van der Waals surface area contributed by atoms with Crippen LogP contribution in [0.4, 0.5) is 11.4 Å². The van der Waals surface area contributed by atoms with E-state index in [0.29, 0.717) is 30.0 Å². The first-order valence-electron chi connectivity index (χ1n) is 20.7. The lowest BCUT2D eigenvalue weighted by Crippen LogP contribution is -2.52. The van der Waals surface area contributed by atoms with Crippen molar-refractivity contribution in [3.8, 4) is 0 Å². The molecule has 1 atom stereocenters. The molecule has 56 heavy (non-hydrogen) atoms. The van der Waals surface area contributed by atoms with Crippen molar-refractivity contribution in [2.45, 2.75) is 76.8 Å². The summed E-state index contributed by atoms with van der Waals surface area (Å²) in [5.41, 5.74) is 12.1. The third-order valence-corrected chi connectivity index (χ3v) is 13.1. The molecule has 0 spiro atoms. The molecule has 3 aromatic rings. The van der Waals surface area contributed by atoms with Crippen molar-refractivity contribution in [3.05, 3.63) is 111 Å². The number of anilines is 2. The monoisotopic (exact) mass is 753 g/mol. The number of rotatable bonds is 8. The first kappa shape index (κ1) is 36.4. The molecular formula is C46H51N5O5. The Morgan fingerprint density at radius 2 is 1.48 bits per heavy atom. The third-order valence-electron chi connectivity index (χ3n) is 13.1. The molecule has 290 valence electrons. The van der Waals surface area contributed by atoms with E-state index in [1.54, 1.807) is 11.0 Å². The molecular weight excluding hydrogens is 703 g/mol. The number of allylic oxidation sites excluding steroid dienone is 3. The average molecular weight is 754 g/mol. The zero-order valence-corrected chi connectivity index (χ0v) is 32.1. The minimum absolute atomic E-state index is 0.127. The van der Waals surface area contributed by atoms with E-state index in [1.165, 1.54) is 52.8 Å². The molecule has 10 heteroatoms. The summed E-state index contributed by atoms with van der Waals surface area (Å²) in [5, 5.41) is 12.1. The number of carboxylic acid groups (broad SMARTS) is 1. The number of aryl methyl sites for hydroxylation is 1. The number of carbonyl (C=O) groups excluding carboxylic acids is 3. The lowest BCUT2D eigenvalue weighted by molar-refractivity contribution is -0.136. The van der Waals surface area contributed by atoms with Gasteiger partial charge in [-0.3, -0.25) is 24.6 Å². The Balaban J connectivity index is 0.797. The highest BCUT2D eigenvalue weighted by atomic mass is 16.4. The van der Waals surface area contributed by atoms with Crippen LogP contribution in [0.5, 0.6) is 0 Å². The first-order chi connectivity index (χ1) is 27.3. The van der Waals surface area contributed by atoms with E-state index >= 15 is 0 Å². The van der Waals surface area contributed by atoms with Gasteiger partial charge in [-0.25, -0.2) is 4.79 Å². The van der Waals surface area contributed by atoms with Crippen molar-refractivity contribution >= 4 is 40.6 Å². The fourth-order valence-corrected chi connectivity index (χ4v) is 10.0. The van der Waals surface area contributed by atoms with Gasteiger partial charge in [-0.2, -0.15) is 0 Å². The van der Waals surface area contributed by atoms with E-state index in [4.69, 9.17) is 0 Å². The zero-order chi connectivity index (χ0) is 38.3. The largest absolute Gasteiger partial charge is 0.478 e. The highest BCUT2D eigenvalue weighted by molar-refractivity contribution is 6.05. The van der Waals surface area contributed by atoms with Gasteiger partial charge in [0.2, 0.25) is 11.8 Å². The van der Waals surface area contributed by atoms with Gasteiger partial charge in [0.05, 0.1) is 5.56 Å². The first-order valence-corrected chi connectivity index (χ1v) is 20.7. The Kier molecular flexibility index (Phi) is 10.00. The fraction of sp³-hybridized carbons (Fsp3) is 0.435. The van der Waals surface area contributed by atoms with Gasteiger partial charge in [-0.1, -0.05) is 24.3 Å². The topological polar surface area (TPSA) is 114 Å². The third kappa shape index (κ3) is 7.15.